The van der Waals surface area contributed by atoms with Crippen LogP contribution in [0, 0.1) is 11.6 Å². The zero-order valence-electron chi connectivity index (χ0n) is 9.67. The number of hydrogen-bond donors (Lipinski definition) is 1. The lowest BCUT2D eigenvalue weighted by Gasteiger charge is -2.34. The van der Waals surface area contributed by atoms with Crippen LogP contribution in [-0.2, 0) is 0 Å². The highest BCUT2D eigenvalue weighted by Gasteiger charge is 2.34. The Labute approximate surface area is 103 Å². The third-order valence-corrected chi connectivity index (χ3v) is 3.08. The van der Waals surface area contributed by atoms with Crippen molar-refractivity contribution >= 4 is 0 Å². The molecule has 1 aliphatic rings. The Morgan fingerprint density at radius 1 is 1.06 bits per heavy atom. The highest BCUT2D eigenvalue weighted by atomic mass is 19.3. The molecular weight excluding hydrogens is 248 g/mol. The summed E-state index contributed by atoms with van der Waals surface area (Å²) in [7, 11) is 0. The summed E-state index contributed by atoms with van der Waals surface area (Å²) in [5.41, 5.74) is -0.533. The fourth-order valence-corrected chi connectivity index (χ4v) is 2.22. The van der Waals surface area contributed by atoms with Crippen LogP contribution in [0.5, 0.6) is 0 Å². The molecule has 18 heavy (non-hydrogen) atoms. The standard InChI is InChI=1S/C12H14F4N2/c13-8-2-1-3-9(14)10(8)11(12(15)16)18-6-4-17-5-7-18/h1-3,11-12,17H,4-7H2/t11-/m1/s1. The second-order valence-electron chi connectivity index (χ2n) is 4.20. The second kappa shape index (κ2) is 5.67. The van der Waals surface area contributed by atoms with E-state index in [4.69, 9.17) is 0 Å². The van der Waals surface area contributed by atoms with E-state index in [-0.39, 0.29) is 0 Å². The molecular formula is C12H14F4N2. The van der Waals surface area contributed by atoms with Crippen molar-refractivity contribution in [1.29, 1.82) is 0 Å². The van der Waals surface area contributed by atoms with Crippen LogP contribution in [-0.4, -0.2) is 37.5 Å². The number of nitrogens with one attached hydrogen (secondary N) is 1. The van der Waals surface area contributed by atoms with E-state index in [0.717, 1.165) is 12.1 Å². The molecule has 0 radical (unpaired) electrons. The maximum Gasteiger partial charge on any atom is 0.258 e. The predicted octanol–water partition coefficient (Wildman–Crippen LogP) is 2.18. The van der Waals surface area contributed by atoms with E-state index >= 15 is 0 Å². The van der Waals surface area contributed by atoms with Gasteiger partial charge < -0.3 is 5.32 Å². The third-order valence-electron chi connectivity index (χ3n) is 3.08. The van der Waals surface area contributed by atoms with Gasteiger partial charge in [0.2, 0.25) is 0 Å². The minimum absolute atomic E-state index is 0.350. The molecule has 2 nitrogen and oxygen atoms in total. The number of hydrogen-bond acceptors (Lipinski definition) is 2. The molecule has 0 saturated carbocycles. The average molecular weight is 262 g/mol. The van der Waals surface area contributed by atoms with E-state index < -0.39 is 29.7 Å². The number of alkyl halides is 2. The zero-order valence-corrected chi connectivity index (χ0v) is 9.67. The molecule has 0 spiro atoms. The van der Waals surface area contributed by atoms with Gasteiger partial charge in [0.15, 0.2) is 0 Å². The fourth-order valence-electron chi connectivity index (χ4n) is 2.22. The molecule has 0 amide bonds. The summed E-state index contributed by atoms with van der Waals surface area (Å²) < 4.78 is 53.5. The molecule has 0 aliphatic carbocycles. The molecule has 1 fully saturated rings. The molecule has 100 valence electrons. The Kier molecular flexibility index (Phi) is 4.19. The SMILES string of the molecule is Fc1cccc(F)c1[C@H](C(F)F)N1CCNCC1. The normalized spacial score (nSPS) is 19.2. The van der Waals surface area contributed by atoms with Gasteiger partial charge in [-0.1, -0.05) is 6.07 Å². The van der Waals surface area contributed by atoms with Gasteiger partial charge in [0.1, 0.15) is 17.7 Å². The molecule has 1 aliphatic heterocycles. The molecule has 1 aromatic rings. The summed E-state index contributed by atoms with van der Waals surface area (Å²) in [5, 5.41) is 3.02. The van der Waals surface area contributed by atoms with E-state index in [1.165, 1.54) is 11.0 Å². The molecule has 1 atom stereocenters. The first kappa shape index (κ1) is 13.3. The van der Waals surface area contributed by atoms with Gasteiger partial charge in [-0.2, -0.15) is 0 Å². The summed E-state index contributed by atoms with van der Waals surface area (Å²) in [5.74, 6) is -1.84. The van der Waals surface area contributed by atoms with Crippen molar-refractivity contribution in [3.05, 3.63) is 35.4 Å². The number of rotatable bonds is 3. The summed E-state index contributed by atoms with van der Waals surface area (Å²) in [6, 6.07) is 1.67. The molecule has 1 saturated heterocycles. The van der Waals surface area contributed by atoms with Gasteiger partial charge in [-0.25, -0.2) is 17.6 Å². The molecule has 0 aromatic heterocycles. The van der Waals surface area contributed by atoms with E-state index in [9.17, 15) is 17.6 Å². The Morgan fingerprint density at radius 2 is 1.61 bits per heavy atom. The number of halogens is 4. The van der Waals surface area contributed by atoms with E-state index in [1.807, 2.05) is 0 Å². The Balaban J connectivity index is 2.34. The number of benzene rings is 1. The molecule has 0 unspecified atom stereocenters. The molecule has 2 rings (SSSR count). The number of nitrogens with zero attached hydrogens (tertiary/aromatic N) is 1. The van der Waals surface area contributed by atoms with Crippen molar-refractivity contribution < 1.29 is 17.6 Å². The van der Waals surface area contributed by atoms with Crippen LogP contribution in [0.2, 0.25) is 0 Å². The van der Waals surface area contributed by atoms with Crippen LogP contribution in [0.1, 0.15) is 11.6 Å². The van der Waals surface area contributed by atoms with E-state index in [0.29, 0.717) is 26.2 Å². The van der Waals surface area contributed by atoms with Gasteiger partial charge in [-0.15, -0.1) is 0 Å². The molecule has 1 aromatic carbocycles. The van der Waals surface area contributed by atoms with Crippen LogP contribution in [0.15, 0.2) is 18.2 Å². The van der Waals surface area contributed by atoms with Crippen LogP contribution in [0.3, 0.4) is 0 Å². The second-order valence-corrected chi connectivity index (χ2v) is 4.20. The Hall–Kier alpha value is -1.14. The summed E-state index contributed by atoms with van der Waals surface area (Å²) in [6.07, 6.45) is -2.82. The highest BCUT2D eigenvalue weighted by Crippen LogP contribution is 2.31. The average Bonchev–Trinajstić information content (AvgIpc) is 2.34. The highest BCUT2D eigenvalue weighted by molar-refractivity contribution is 5.24. The monoisotopic (exact) mass is 262 g/mol. The number of piperazine rings is 1. The summed E-state index contributed by atoms with van der Waals surface area (Å²) in [6.45, 7) is 1.78. The van der Waals surface area contributed by atoms with Crippen LogP contribution in [0.4, 0.5) is 17.6 Å². The van der Waals surface area contributed by atoms with Crippen molar-refractivity contribution in [1.82, 2.24) is 10.2 Å². The van der Waals surface area contributed by atoms with Gasteiger partial charge in [0.25, 0.3) is 6.43 Å². The minimum atomic E-state index is -2.82. The summed E-state index contributed by atoms with van der Waals surface area (Å²) >= 11 is 0. The first-order chi connectivity index (χ1) is 8.61. The Bertz CT molecular complexity index is 385. The van der Waals surface area contributed by atoms with Crippen LogP contribution in [0.25, 0.3) is 0 Å². The lowest BCUT2D eigenvalue weighted by Crippen LogP contribution is -2.47. The predicted molar refractivity (Wildman–Crippen MR) is 59.5 cm³/mol. The molecule has 0 bridgehead atoms. The lowest BCUT2D eigenvalue weighted by molar-refractivity contribution is 0.0145. The molecule has 1 heterocycles. The van der Waals surface area contributed by atoms with E-state index in [2.05, 4.69) is 5.32 Å². The van der Waals surface area contributed by atoms with Crippen molar-refractivity contribution in [2.45, 2.75) is 12.5 Å². The van der Waals surface area contributed by atoms with Crippen molar-refractivity contribution in [3.8, 4) is 0 Å². The first-order valence-corrected chi connectivity index (χ1v) is 5.78. The van der Waals surface area contributed by atoms with E-state index in [1.54, 1.807) is 0 Å². The van der Waals surface area contributed by atoms with Crippen LogP contribution >= 0.6 is 0 Å². The van der Waals surface area contributed by atoms with Crippen molar-refractivity contribution in [2.75, 3.05) is 26.2 Å². The minimum Gasteiger partial charge on any atom is -0.314 e. The van der Waals surface area contributed by atoms with Crippen LogP contribution < -0.4 is 5.32 Å². The first-order valence-electron chi connectivity index (χ1n) is 5.78. The smallest absolute Gasteiger partial charge is 0.258 e. The van der Waals surface area contributed by atoms with Crippen molar-refractivity contribution in [2.24, 2.45) is 0 Å². The molecule has 6 heteroatoms. The third kappa shape index (κ3) is 2.64. The van der Waals surface area contributed by atoms with Gasteiger partial charge in [-0.3, -0.25) is 4.90 Å². The Morgan fingerprint density at radius 3 is 2.11 bits per heavy atom. The topological polar surface area (TPSA) is 15.3 Å². The quantitative estimate of drug-likeness (QED) is 0.840. The van der Waals surface area contributed by atoms with Gasteiger partial charge >= 0.3 is 0 Å². The maximum absolute atomic E-state index is 13.6. The largest absolute Gasteiger partial charge is 0.314 e. The summed E-state index contributed by atoms with van der Waals surface area (Å²) in [4.78, 5) is 1.42. The molecule has 1 N–H and O–H groups in total. The zero-order chi connectivity index (χ0) is 13.1. The fraction of sp³-hybridized carbons (Fsp3) is 0.500. The van der Waals surface area contributed by atoms with Crippen molar-refractivity contribution in [3.63, 3.8) is 0 Å². The maximum atomic E-state index is 13.6. The van der Waals surface area contributed by atoms with Gasteiger partial charge in [0, 0.05) is 31.7 Å². The van der Waals surface area contributed by atoms with Gasteiger partial charge in [-0.05, 0) is 12.1 Å². The van der Waals surface area contributed by atoms with Gasteiger partial charge in [0.05, 0.1) is 0 Å². The lowest BCUT2D eigenvalue weighted by atomic mass is 10.0.